The highest BCUT2D eigenvalue weighted by atomic mass is 35.5. The third kappa shape index (κ3) is 11.4. The molecule has 0 saturated heterocycles. The molecule has 0 saturated carbocycles. The molecule has 1 aromatic carbocycles. The molecule has 0 amide bonds. The van der Waals surface area contributed by atoms with E-state index in [1.807, 2.05) is 43.3 Å². The first-order valence-electron chi connectivity index (χ1n) is 13.5. The molecule has 4 N–H and O–H groups in total. The van der Waals surface area contributed by atoms with Crippen molar-refractivity contribution >= 4 is 11.6 Å². The maximum atomic E-state index is 11.4. The molecule has 0 heterocycles. The molecule has 39 heavy (non-hydrogen) atoms. The van der Waals surface area contributed by atoms with E-state index in [1.54, 1.807) is 6.92 Å². The highest BCUT2D eigenvalue weighted by Crippen LogP contribution is 2.35. The molecule has 0 aliphatic carbocycles. The fraction of sp³-hybridized carbons (Fsp3) is 0.586. The van der Waals surface area contributed by atoms with Crippen molar-refractivity contribution in [2.45, 2.75) is 78.7 Å². The van der Waals surface area contributed by atoms with E-state index in [2.05, 4.69) is 38.0 Å². The zero-order valence-corrected chi connectivity index (χ0v) is 25.0. The summed E-state index contributed by atoms with van der Waals surface area (Å²) in [6, 6.07) is 6.95. The third-order valence-electron chi connectivity index (χ3n) is 6.90. The average Bonchev–Trinajstić information content (AvgIpc) is 2.91. The van der Waals surface area contributed by atoms with E-state index < -0.39 is 6.04 Å². The van der Waals surface area contributed by atoms with Gasteiger partial charge in [-0.05, 0) is 55.4 Å². The largest absolute Gasteiger partial charge is 0.492 e. The number of ether oxygens (including phenoxy) is 2. The molecule has 0 bridgehead atoms. The number of benzene rings is 1. The summed E-state index contributed by atoms with van der Waals surface area (Å²) in [6.45, 7) is 12.7. The standard InChI is InChI=1S/C29H46ClN5O4/c1-7-9-10-11-16-38-28(8-2)26(30)17-21(3)29(5,6)23-12-14-25(15-13-23)39-20-24(34-37)19-35(32)27(18-33-36)22(4)31/h8,12-15,17,21,24H,7,9-11,16,18-20,31-32H2,1-6H3/b26-17+,27-22-,28-8+/t21?,24-/m1/s1. The van der Waals surface area contributed by atoms with Gasteiger partial charge in [0.25, 0.3) is 0 Å². The highest BCUT2D eigenvalue weighted by Gasteiger charge is 2.27. The maximum Gasteiger partial charge on any atom is 0.145 e. The summed E-state index contributed by atoms with van der Waals surface area (Å²) in [5.74, 6) is 7.39. The summed E-state index contributed by atoms with van der Waals surface area (Å²) in [7, 11) is 0. The Hall–Kier alpha value is -2.91. The van der Waals surface area contributed by atoms with Crippen LogP contribution < -0.4 is 16.3 Å². The van der Waals surface area contributed by atoms with E-state index in [4.69, 9.17) is 32.7 Å². The summed E-state index contributed by atoms with van der Waals surface area (Å²) < 4.78 is 11.7. The fourth-order valence-electron chi connectivity index (χ4n) is 3.90. The molecule has 1 aromatic rings. The summed E-state index contributed by atoms with van der Waals surface area (Å²) in [4.78, 5) is 22.0. The van der Waals surface area contributed by atoms with Gasteiger partial charge in [0.05, 0.1) is 23.9 Å². The first-order chi connectivity index (χ1) is 18.5. The Bertz CT molecular complexity index is 988. The van der Waals surface area contributed by atoms with Crippen molar-refractivity contribution < 1.29 is 9.47 Å². The Balaban J connectivity index is 2.80. The molecule has 1 rings (SSSR count). The lowest BCUT2D eigenvalue weighted by Gasteiger charge is -2.31. The van der Waals surface area contributed by atoms with Crippen molar-refractivity contribution in [3.63, 3.8) is 0 Å². The van der Waals surface area contributed by atoms with Crippen LogP contribution in [0.15, 0.2) is 69.0 Å². The van der Waals surface area contributed by atoms with Crippen LogP contribution in [0.4, 0.5) is 0 Å². The Morgan fingerprint density at radius 2 is 1.85 bits per heavy atom. The molecular weight excluding hydrogens is 518 g/mol. The minimum atomic E-state index is -0.769. The number of halogens is 1. The number of unbranched alkanes of at least 4 members (excludes halogenated alkanes) is 3. The number of nitrogens with two attached hydrogens (primary N) is 2. The van der Waals surface area contributed by atoms with Gasteiger partial charge in [0.2, 0.25) is 0 Å². The molecular formula is C29H46ClN5O4. The Morgan fingerprint density at radius 1 is 1.18 bits per heavy atom. The van der Waals surface area contributed by atoms with E-state index in [9.17, 15) is 9.81 Å². The van der Waals surface area contributed by atoms with Gasteiger partial charge in [-0.2, -0.15) is 9.81 Å². The van der Waals surface area contributed by atoms with Crippen LogP contribution in [0, 0.1) is 15.7 Å². The molecule has 0 spiro atoms. The maximum absolute atomic E-state index is 11.4. The van der Waals surface area contributed by atoms with Gasteiger partial charge in [0.1, 0.15) is 30.7 Å². The second-order valence-electron chi connectivity index (χ2n) is 10.3. The number of allylic oxidation sites excluding steroid dienone is 4. The number of hydrogen-bond donors (Lipinski definition) is 2. The predicted octanol–water partition coefficient (Wildman–Crippen LogP) is 6.87. The monoisotopic (exact) mass is 563 g/mol. The van der Waals surface area contributed by atoms with Crippen molar-refractivity contribution in [2.24, 2.45) is 27.8 Å². The van der Waals surface area contributed by atoms with Crippen LogP contribution in [-0.4, -0.2) is 37.4 Å². The molecule has 0 fully saturated rings. The molecule has 10 heteroatoms. The average molecular weight is 564 g/mol. The van der Waals surface area contributed by atoms with Crippen LogP contribution in [0.2, 0.25) is 0 Å². The van der Waals surface area contributed by atoms with Crippen LogP contribution >= 0.6 is 11.6 Å². The van der Waals surface area contributed by atoms with Crippen LogP contribution in [-0.2, 0) is 10.2 Å². The molecule has 9 nitrogen and oxygen atoms in total. The van der Waals surface area contributed by atoms with Gasteiger partial charge in [0.15, 0.2) is 0 Å². The van der Waals surface area contributed by atoms with Crippen LogP contribution in [0.25, 0.3) is 0 Å². The predicted molar refractivity (Wildman–Crippen MR) is 160 cm³/mol. The van der Waals surface area contributed by atoms with Gasteiger partial charge in [0, 0.05) is 5.70 Å². The molecule has 1 unspecified atom stereocenters. The lowest BCUT2D eigenvalue weighted by Crippen LogP contribution is -2.40. The van der Waals surface area contributed by atoms with Gasteiger partial charge in [-0.15, -0.1) is 0 Å². The zero-order valence-electron chi connectivity index (χ0n) is 24.3. The molecule has 0 aliphatic heterocycles. The quantitative estimate of drug-likeness (QED) is 0.0468. The Morgan fingerprint density at radius 3 is 2.38 bits per heavy atom. The minimum absolute atomic E-state index is 0.0185. The smallest absolute Gasteiger partial charge is 0.145 e. The molecule has 2 atom stereocenters. The number of hydrogen-bond acceptors (Lipinski definition) is 9. The van der Waals surface area contributed by atoms with E-state index in [0.717, 1.165) is 18.4 Å². The highest BCUT2D eigenvalue weighted by molar-refractivity contribution is 6.31. The van der Waals surface area contributed by atoms with Gasteiger partial charge in [-0.25, -0.2) is 5.84 Å². The Labute approximate surface area is 238 Å². The first kappa shape index (κ1) is 34.1. The second kappa shape index (κ2) is 17.6. The zero-order chi connectivity index (χ0) is 29.4. The van der Waals surface area contributed by atoms with Gasteiger partial charge < -0.3 is 20.2 Å². The van der Waals surface area contributed by atoms with E-state index in [-0.39, 0.29) is 31.0 Å². The summed E-state index contributed by atoms with van der Waals surface area (Å²) >= 11 is 6.65. The van der Waals surface area contributed by atoms with Crippen molar-refractivity contribution in [1.82, 2.24) is 5.01 Å². The van der Waals surface area contributed by atoms with Crippen molar-refractivity contribution in [1.29, 1.82) is 0 Å². The van der Waals surface area contributed by atoms with Crippen LogP contribution in [0.3, 0.4) is 0 Å². The first-order valence-corrected chi connectivity index (χ1v) is 13.9. The van der Waals surface area contributed by atoms with E-state index in [0.29, 0.717) is 34.5 Å². The molecule has 218 valence electrons. The third-order valence-corrected chi connectivity index (χ3v) is 7.21. The normalized spacial score (nSPS) is 14.8. The fourth-order valence-corrected chi connectivity index (χ4v) is 4.26. The number of rotatable bonds is 19. The summed E-state index contributed by atoms with van der Waals surface area (Å²) in [6.07, 6.45) is 8.52. The van der Waals surface area contributed by atoms with Crippen molar-refractivity contribution in [3.05, 3.63) is 74.0 Å². The second-order valence-corrected chi connectivity index (χ2v) is 10.7. The molecule has 0 radical (unpaired) electrons. The van der Waals surface area contributed by atoms with Crippen molar-refractivity contribution in [3.8, 4) is 5.75 Å². The van der Waals surface area contributed by atoms with Gasteiger partial charge >= 0.3 is 0 Å². The van der Waals surface area contributed by atoms with Crippen LogP contribution in [0.5, 0.6) is 5.75 Å². The van der Waals surface area contributed by atoms with Gasteiger partial charge in [-0.1, -0.05) is 87.1 Å². The van der Waals surface area contributed by atoms with E-state index >= 15 is 0 Å². The number of nitrogens with zero attached hydrogens (tertiary/aromatic N) is 3. The molecule has 0 aliphatic rings. The van der Waals surface area contributed by atoms with Crippen molar-refractivity contribution in [2.75, 3.05) is 26.3 Å². The number of hydrazine groups is 1. The Kier molecular flexibility index (Phi) is 15.4. The summed E-state index contributed by atoms with van der Waals surface area (Å²) in [5, 5.41) is 7.76. The lowest BCUT2D eigenvalue weighted by atomic mass is 9.74. The topological polar surface area (TPSA) is 133 Å². The van der Waals surface area contributed by atoms with Gasteiger partial charge in [-0.3, -0.25) is 0 Å². The molecule has 0 aromatic heterocycles. The van der Waals surface area contributed by atoms with E-state index in [1.165, 1.54) is 17.9 Å². The SMILES string of the molecule is C/C=C(OCCCCCC)\C(Cl)=C/C(C)C(C)(C)c1ccc(OC[C@@H](CN(N)/C(CN=O)=C(/C)N)N=O)cc1. The number of nitroso groups, excluding NO2 is 2. The minimum Gasteiger partial charge on any atom is -0.492 e. The van der Waals surface area contributed by atoms with Crippen LogP contribution in [0.1, 0.15) is 72.8 Å². The summed E-state index contributed by atoms with van der Waals surface area (Å²) in [5.41, 5.74) is 7.34. The lowest BCUT2D eigenvalue weighted by molar-refractivity contribution is 0.214.